The van der Waals surface area contributed by atoms with Gasteiger partial charge in [-0.25, -0.2) is 4.79 Å². The third-order valence-electron chi connectivity index (χ3n) is 3.87. The minimum Gasteiger partial charge on any atom is -0.450 e. The summed E-state index contributed by atoms with van der Waals surface area (Å²) in [5.41, 5.74) is 0.265. The van der Waals surface area contributed by atoms with E-state index in [-0.39, 0.29) is 11.5 Å². The Morgan fingerprint density at radius 2 is 2.00 bits per heavy atom. The lowest BCUT2D eigenvalue weighted by Gasteiger charge is -2.35. The summed E-state index contributed by atoms with van der Waals surface area (Å²) in [7, 11) is 0. The van der Waals surface area contributed by atoms with Gasteiger partial charge < -0.3 is 9.64 Å². The molecule has 2 fully saturated rings. The number of ether oxygens (including phenoxy) is 1. The van der Waals surface area contributed by atoms with E-state index < -0.39 is 0 Å². The zero-order chi connectivity index (χ0) is 13.0. The third kappa shape index (κ3) is 3.14. The van der Waals surface area contributed by atoms with E-state index in [2.05, 4.69) is 11.0 Å². The van der Waals surface area contributed by atoms with Crippen LogP contribution < -0.4 is 0 Å². The molecule has 0 unspecified atom stereocenters. The number of nitrogens with zero attached hydrogens (tertiary/aromatic N) is 3. The fourth-order valence-corrected chi connectivity index (χ4v) is 2.51. The van der Waals surface area contributed by atoms with E-state index >= 15 is 0 Å². The number of carbonyl (C=O) groups is 1. The van der Waals surface area contributed by atoms with Gasteiger partial charge in [-0.1, -0.05) is 0 Å². The molecule has 0 aromatic heterocycles. The number of nitriles is 1. The smallest absolute Gasteiger partial charge is 0.409 e. The van der Waals surface area contributed by atoms with Crippen LogP contribution in [0.2, 0.25) is 0 Å². The number of piperazine rings is 1. The van der Waals surface area contributed by atoms with Gasteiger partial charge in [-0.05, 0) is 25.2 Å². The van der Waals surface area contributed by atoms with Crippen molar-refractivity contribution >= 4 is 6.09 Å². The molecule has 5 nitrogen and oxygen atoms in total. The zero-order valence-electron chi connectivity index (χ0n) is 11.0. The van der Waals surface area contributed by atoms with Crippen molar-refractivity contribution in [2.75, 3.05) is 39.3 Å². The summed E-state index contributed by atoms with van der Waals surface area (Å²) in [6, 6.07) is 2.29. The lowest BCUT2D eigenvalue weighted by atomic mass is 10.0. The van der Waals surface area contributed by atoms with Gasteiger partial charge in [0.05, 0.1) is 12.7 Å². The maximum absolute atomic E-state index is 11.5. The molecule has 18 heavy (non-hydrogen) atoms. The summed E-state index contributed by atoms with van der Waals surface area (Å²) in [6.45, 7) is 6.54. The van der Waals surface area contributed by atoms with Crippen molar-refractivity contribution in [1.82, 2.24) is 9.80 Å². The van der Waals surface area contributed by atoms with Crippen LogP contribution in [0.15, 0.2) is 0 Å². The van der Waals surface area contributed by atoms with Crippen LogP contribution in [0, 0.1) is 16.7 Å². The lowest BCUT2D eigenvalue weighted by molar-refractivity contribution is 0.0739. The highest BCUT2D eigenvalue weighted by molar-refractivity contribution is 5.67. The van der Waals surface area contributed by atoms with Gasteiger partial charge in [-0.15, -0.1) is 0 Å². The van der Waals surface area contributed by atoms with Gasteiger partial charge in [-0.2, -0.15) is 5.26 Å². The van der Waals surface area contributed by atoms with Crippen LogP contribution in [0.3, 0.4) is 0 Å². The van der Waals surface area contributed by atoms with Crippen LogP contribution in [-0.2, 0) is 4.74 Å². The molecule has 0 aromatic carbocycles. The van der Waals surface area contributed by atoms with Gasteiger partial charge in [-0.3, -0.25) is 4.90 Å². The highest BCUT2D eigenvalue weighted by Gasteiger charge is 2.44. The van der Waals surface area contributed by atoms with E-state index in [1.54, 1.807) is 4.90 Å². The van der Waals surface area contributed by atoms with Gasteiger partial charge in [0.2, 0.25) is 0 Å². The number of carbonyl (C=O) groups excluding carboxylic acids is 1. The minimum atomic E-state index is -0.199. The Morgan fingerprint density at radius 3 is 2.50 bits per heavy atom. The Labute approximate surface area is 108 Å². The number of rotatable bonds is 4. The minimum absolute atomic E-state index is 0.199. The van der Waals surface area contributed by atoms with Crippen molar-refractivity contribution in [3.8, 4) is 6.07 Å². The first-order chi connectivity index (χ1) is 8.69. The summed E-state index contributed by atoms with van der Waals surface area (Å²) in [4.78, 5) is 15.7. The number of hydrogen-bond acceptors (Lipinski definition) is 4. The van der Waals surface area contributed by atoms with E-state index in [9.17, 15) is 4.79 Å². The highest BCUT2D eigenvalue weighted by atomic mass is 16.6. The molecule has 1 saturated carbocycles. The fourth-order valence-electron chi connectivity index (χ4n) is 2.51. The maximum atomic E-state index is 11.5. The molecular formula is C13H21N3O2. The predicted octanol–water partition coefficient (Wildman–Crippen LogP) is 1.45. The second kappa shape index (κ2) is 5.57. The molecule has 0 spiro atoms. The Kier molecular flexibility index (Phi) is 4.07. The van der Waals surface area contributed by atoms with Crippen molar-refractivity contribution in [3.05, 3.63) is 0 Å². The molecule has 0 aromatic rings. The third-order valence-corrected chi connectivity index (χ3v) is 3.87. The highest BCUT2D eigenvalue weighted by Crippen LogP contribution is 2.49. The fraction of sp³-hybridized carbons (Fsp3) is 0.846. The molecule has 0 N–H and O–H groups in total. The van der Waals surface area contributed by atoms with E-state index in [4.69, 9.17) is 10.00 Å². The molecule has 2 aliphatic rings. The predicted molar refractivity (Wildman–Crippen MR) is 66.9 cm³/mol. The van der Waals surface area contributed by atoms with Crippen molar-refractivity contribution in [1.29, 1.82) is 5.26 Å². The quantitative estimate of drug-likeness (QED) is 0.759. The van der Waals surface area contributed by atoms with Gasteiger partial charge in [0.1, 0.15) is 0 Å². The average molecular weight is 251 g/mol. The second-order valence-electron chi connectivity index (χ2n) is 5.30. The van der Waals surface area contributed by atoms with Crippen molar-refractivity contribution in [2.45, 2.75) is 26.2 Å². The zero-order valence-corrected chi connectivity index (χ0v) is 11.0. The van der Waals surface area contributed by atoms with Crippen molar-refractivity contribution in [2.24, 2.45) is 5.41 Å². The molecule has 1 aliphatic carbocycles. The average Bonchev–Trinajstić information content (AvgIpc) is 3.10. The molecule has 0 bridgehead atoms. The summed E-state index contributed by atoms with van der Waals surface area (Å²) in [5, 5.41) is 8.81. The van der Waals surface area contributed by atoms with Crippen molar-refractivity contribution < 1.29 is 9.53 Å². The summed E-state index contributed by atoms with van der Waals surface area (Å²) >= 11 is 0. The van der Waals surface area contributed by atoms with Gasteiger partial charge >= 0.3 is 6.09 Å². The molecule has 0 radical (unpaired) electrons. The molecular weight excluding hydrogens is 230 g/mol. The second-order valence-corrected chi connectivity index (χ2v) is 5.30. The molecule has 5 heteroatoms. The molecule has 1 saturated heterocycles. The molecule has 1 amide bonds. The molecule has 100 valence electrons. The molecule has 1 heterocycles. The van der Waals surface area contributed by atoms with Gasteiger partial charge in [0.15, 0.2) is 0 Å². The largest absolute Gasteiger partial charge is 0.450 e. The Balaban J connectivity index is 1.74. The first kappa shape index (κ1) is 13.2. The summed E-state index contributed by atoms with van der Waals surface area (Å²) in [5.74, 6) is 0. The van der Waals surface area contributed by atoms with E-state index in [1.807, 2.05) is 6.92 Å². The molecule has 1 aliphatic heterocycles. The first-order valence-corrected chi connectivity index (χ1v) is 6.70. The maximum Gasteiger partial charge on any atom is 0.409 e. The topological polar surface area (TPSA) is 56.6 Å². The monoisotopic (exact) mass is 251 g/mol. The van der Waals surface area contributed by atoms with Crippen LogP contribution in [0.5, 0.6) is 0 Å². The van der Waals surface area contributed by atoms with Crippen LogP contribution >= 0.6 is 0 Å². The lowest BCUT2D eigenvalue weighted by Crippen LogP contribution is -2.50. The normalized spacial score (nSPS) is 22.3. The Hall–Kier alpha value is -1.28. The SMILES string of the molecule is CCOC(=O)N1CCN(CC2(CC#N)CC2)CC1. The number of amides is 1. The van der Waals surface area contributed by atoms with Crippen LogP contribution in [0.4, 0.5) is 4.79 Å². The van der Waals surface area contributed by atoms with Crippen LogP contribution in [-0.4, -0.2) is 55.2 Å². The Morgan fingerprint density at radius 1 is 1.33 bits per heavy atom. The van der Waals surface area contributed by atoms with Crippen LogP contribution in [0.25, 0.3) is 0 Å². The standard InChI is InChI=1S/C13H21N3O2/c1-2-18-12(17)16-9-7-15(8-10-16)11-13(3-4-13)5-6-14/h2-5,7-11H2,1H3. The van der Waals surface area contributed by atoms with Gasteiger partial charge in [0, 0.05) is 39.1 Å². The Bertz CT molecular complexity index is 339. The molecule has 2 rings (SSSR count). The first-order valence-electron chi connectivity index (χ1n) is 6.70. The summed E-state index contributed by atoms with van der Waals surface area (Å²) < 4.78 is 4.99. The van der Waals surface area contributed by atoms with Crippen molar-refractivity contribution in [3.63, 3.8) is 0 Å². The summed E-state index contributed by atoms with van der Waals surface area (Å²) in [6.07, 6.45) is 2.83. The molecule has 0 atom stereocenters. The number of hydrogen-bond donors (Lipinski definition) is 0. The van der Waals surface area contributed by atoms with E-state index in [0.29, 0.717) is 13.0 Å². The van der Waals surface area contributed by atoms with Crippen LogP contribution in [0.1, 0.15) is 26.2 Å². The van der Waals surface area contributed by atoms with E-state index in [0.717, 1.165) is 32.7 Å². The van der Waals surface area contributed by atoms with Gasteiger partial charge in [0.25, 0.3) is 0 Å². The van der Waals surface area contributed by atoms with E-state index in [1.165, 1.54) is 12.8 Å².